The van der Waals surface area contributed by atoms with Crippen molar-refractivity contribution in [3.8, 4) is 5.75 Å². The summed E-state index contributed by atoms with van der Waals surface area (Å²) in [6.45, 7) is 0. The van der Waals surface area contributed by atoms with Crippen LogP contribution >= 0.6 is 47.8 Å². The van der Waals surface area contributed by atoms with Crippen LogP contribution in [-0.2, 0) is 4.79 Å². The van der Waals surface area contributed by atoms with Gasteiger partial charge in [-0.05, 0) is 51.8 Å². The maximum Gasteiger partial charge on any atom is 0.343 e. The van der Waals surface area contributed by atoms with Crippen LogP contribution in [0.5, 0.6) is 5.75 Å². The Kier molecular flexibility index (Phi) is 8.14. The Morgan fingerprint density at radius 3 is 2.42 bits per heavy atom. The van der Waals surface area contributed by atoms with Gasteiger partial charge in [0.2, 0.25) is 0 Å². The van der Waals surface area contributed by atoms with Gasteiger partial charge in [0.15, 0.2) is 11.9 Å². The van der Waals surface area contributed by atoms with Gasteiger partial charge < -0.3 is 9.84 Å². The molecule has 3 aromatic rings. The molecule has 0 aliphatic rings. The number of amides is 1. The van der Waals surface area contributed by atoms with E-state index in [0.717, 1.165) is 4.47 Å². The van der Waals surface area contributed by atoms with Crippen molar-refractivity contribution in [1.29, 1.82) is 0 Å². The van der Waals surface area contributed by atoms with Crippen molar-refractivity contribution < 1.29 is 19.4 Å². The molecule has 158 valence electrons. The second kappa shape index (κ2) is 10.8. The molecule has 0 aliphatic carbocycles. The lowest BCUT2D eigenvalue weighted by Gasteiger charge is -2.11. The summed E-state index contributed by atoms with van der Waals surface area (Å²) in [6.07, 6.45) is -0.0318. The summed E-state index contributed by atoms with van der Waals surface area (Å²) in [5, 5.41) is 14.0. The molecule has 3 rings (SSSR count). The van der Waals surface area contributed by atoms with Crippen LogP contribution in [0.15, 0.2) is 85.2 Å². The Morgan fingerprint density at radius 2 is 1.71 bits per heavy atom. The van der Waals surface area contributed by atoms with Gasteiger partial charge in [0.05, 0.1) is 16.3 Å². The largest absolute Gasteiger partial charge is 0.421 e. The fourth-order valence-corrected chi connectivity index (χ4v) is 4.30. The Balaban J connectivity index is 1.78. The smallest absolute Gasteiger partial charge is 0.343 e. The molecule has 1 atom stereocenters. The van der Waals surface area contributed by atoms with E-state index < -0.39 is 18.0 Å². The molecule has 0 saturated heterocycles. The van der Waals surface area contributed by atoms with Gasteiger partial charge in [0.25, 0.3) is 5.91 Å². The van der Waals surface area contributed by atoms with E-state index in [2.05, 4.69) is 58.3 Å². The normalized spacial score (nSPS) is 11.9. The monoisotopic (exact) mass is 608 g/mol. The number of ether oxygens (including phenoxy) is 1. The maximum absolute atomic E-state index is 12.6. The van der Waals surface area contributed by atoms with Crippen molar-refractivity contribution in [3.05, 3.63) is 96.8 Å². The minimum absolute atomic E-state index is 0.231. The first-order valence-electron chi connectivity index (χ1n) is 8.88. The number of rotatable bonds is 6. The molecule has 2 N–H and O–H groups in total. The Morgan fingerprint density at radius 1 is 0.968 bits per heavy atom. The molecule has 0 spiro atoms. The lowest BCUT2D eigenvalue weighted by molar-refractivity contribution is -0.129. The van der Waals surface area contributed by atoms with Gasteiger partial charge in [0, 0.05) is 14.5 Å². The van der Waals surface area contributed by atoms with E-state index in [0.29, 0.717) is 25.6 Å². The van der Waals surface area contributed by atoms with Gasteiger partial charge >= 0.3 is 5.97 Å². The molecular formula is C22H15Br3N2O4. The third-order valence-corrected chi connectivity index (χ3v) is 5.57. The number of carbonyl (C=O) groups excluding carboxylic acids is 2. The number of carbonyl (C=O) groups is 2. The van der Waals surface area contributed by atoms with E-state index in [-0.39, 0.29) is 5.75 Å². The summed E-state index contributed by atoms with van der Waals surface area (Å²) in [6, 6.07) is 18.7. The number of aliphatic hydroxyl groups excluding tert-OH is 1. The zero-order valence-electron chi connectivity index (χ0n) is 15.8. The molecule has 0 aromatic heterocycles. The lowest BCUT2D eigenvalue weighted by Crippen LogP contribution is -2.25. The minimum Gasteiger partial charge on any atom is -0.421 e. The van der Waals surface area contributed by atoms with Gasteiger partial charge in [-0.2, -0.15) is 5.10 Å². The van der Waals surface area contributed by atoms with Crippen LogP contribution in [-0.4, -0.2) is 23.2 Å². The predicted octanol–water partition coefficient (Wildman–Crippen LogP) is 5.38. The summed E-state index contributed by atoms with van der Waals surface area (Å²) >= 11 is 10.1. The SMILES string of the molecule is O=C(Oc1c(Br)cc(Br)cc1/C=N/NC(=O)C(O)c1ccccc1)c1cccc(Br)c1. The van der Waals surface area contributed by atoms with Crippen molar-refractivity contribution in [1.82, 2.24) is 5.43 Å². The van der Waals surface area contributed by atoms with Crippen molar-refractivity contribution in [2.75, 3.05) is 0 Å². The van der Waals surface area contributed by atoms with Crippen molar-refractivity contribution >= 4 is 65.9 Å². The first-order valence-corrected chi connectivity index (χ1v) is 11.3. The van der Waals surface area contributed by atoms with E-state index in [1.807, 2.05) is 0 Å². The van der Waals surface area contributed by atoms with E-state index in [4.69, 9.17) is 4.74 Å². The second-order valence-electron chi connectivity index (χ2n) is 6.25. The highest BCUT2D eigenvalue weighted by molar-refractivity contribution is 9.11. The van der Waals surface area contributed by atoms with Gasteiger partial charge in [0.1, 0.15) is 0 Å². The Bertz CT molecular complexity index is 1140. The molecule has 0 saturated carbocycles. The Hall–Kier alpha value is -2.33. The summed E-state index contributed by atoms with van der Waals surface area (Å²) in [4.78, 5) is 24.7. The maximum atomic E-state index is 12.6. The van der Waals surface area contributed by atoms with Gasteiger partial charge in [-0.1, -0.05) is 68.3 Å². The van der Waals surface area contributed by atoms with Crippen LogP contribution in [0.3, 0.4) is 0 Å². The number of nitrogens with one attached hydrogen (secondary N) is 1. The number of benzene rings is 3. The molecule has 6 nitrogen and oxygen atoms in total. The zero-order chi connectivity index (χ0) is 22.4. The summed E-state index contributed by atoms with van der Waals surface area (Å²) in [7, 11) is 0. The number of hydrogen-bond acceptors (Lipinski definition) is 5. The summed E-state index contributed by atoms with van der Waals surface area (Å²) in [5.74, 6) is -1.01. The summed E-state index contributed by atoms with van der Waals surface area (Å²) < 4.78 is 7.54. The van der Waals surface area contributed by atoms with E-state index in [9.17, 15) is 14.7 Å². The van der Waals surface area contributed by atoms with Crippen LogP contribution < -0.4 is 10.2 Å². The quantitative estimate of drug-likeness (QED) is 0.170. The fraction of sp³-hybridized carbons (Fsp3) is 0.0455. The second-order valence-corrected chi connectivity index (χ2v) is 8.94. The standard InChI is InChI=1S/C22H15Br3N2O4/c23-16-8-4-7-14(9-16)22(30)31-20-15(10-17(24)11-18(20)25)12-26-27-21(29)19(28)13-5-2-1-3-6-13/h1-12,19,28H,(H,27,29)/b26-12+. The number of hydrazone groups is 1. The van der Waals surface area contributed by atoms with E-state index in [1.165, 1.54) is 6.21 Å². The zero-order valence-corrected chi connectivity index (χ0v) is 20.5. The first kappa shape index (κ1) is 23.3. The molecule has 31 heavy (non-hydrogen) atoms. The molecule has 0 fully saturated rings. The number of halogens is 3. The highest BCUT2D eigenvalue weighted by Crippen LogP contribution is 2.33. The van der Waals surface area contributed by atoms with Crippen LogP contribution in [0.25, 0.3) is 0 Å². The number of hydrogen-bond donors (Lipinski definition) is 2. The highest BCUT2D eigenvalue weighted by Gasteiger charge is 2.17. The summed E-state index contributed by atoms with van der Waals surface area (Å²) in [5.41, 5.74) is 3.54. The van der Waals surface area contributed by atoms with Crippen LogP contribution in [0.1, 0.15) is 27.6 Å². The molecular weight excluding hydrogens is 596 g/mol. The van der Waals surface area contributed by atoms with Crippen LogP contribution in [0.2, 0.25) is 0 Å². The first-order chi connectivity index (χ1) is 14.8. The molecule has 1 unspecified atom stereocenters. The third-order valence-electron chi connectivity index (χ3n) is 4.03. The molecule has 9 heteroatoms. The van der Waals surface area contributed by atoms with E-state index in [1.54, 1.807) is 66.7 Å². The van der Waals surface area contributed by atoms with Crippen LogP contribution in [0, 0.1) is 0 Å². The average molecular weight is 611 g/mol. The van der Waals surface area contributed by atoms with Crippen molar-refractivity contribution in [3.63, 3.8) is 0 Å². The van der Waals surface area contributed by atoms with Crippen molar-refractivity contribution in [2.24, 2.45) is 5.10 Å². The molecule has 0 radical (unpaired) electrons. The fourth-order valence-electron chi connectivity index (χ4n) is 2.56. The topological polar surface area (TPSA) is 88.0 Å². The van der Waals surface area contributed by atoms with Gasteiger partial charge in [-0.3, -0.25) is 4.79 Å². The minimum atomic E-state index is -1.36. The van der Waals surface area contributed by atoms with E-state index >= 15 is 0 Å². The molecule has 0 bridgehead atoms. The van der Waals surface area contributed by atoms with Crippen LogP contribution in [0.4, 0.5) is 0 Å². The van der Waals surface area contributed by atoms with Gasteiger partial charge in [-0.25, -0.2) is 10.2 Å². The number of esters is 1. The van der Waals surface area contributed by atoms with Crippen molar-refractivity contribution in [2.45, 2.75) is 6.10 Å². The number of nitrogens with zero attached hydrogens (tertiary/aromatic N) is 1. The molecule has 1 amide bonds. The third kappa shape index (κ3) is 6.33. The number of aliphatic hydroxyl groups is 1. The average Bonchev–Trinajstić information content (AvgIpc) is 2.75. The highest BCUT2D eigenvalue weighted by atomic mass is 79.9. The Labute approximate surface area is 203 Å². The molecule has 0 aliphatic heterocycles. The predicted molar refractivity (Wildman–Crippen MR) is 128 cm³/mol. The molecule has 0 heterocycles. The van der Waals surface area contributed by atoms with Gasteiger partial charge in [-0.15, -0.1) is 0 Å². The lowest BCUT2D eigenvalue weighted by atomic mass is 10.1. The molecule has 3 aromatic carbocycles.